The lowest BCUT2D eigenvalue weighted by Crippen LogP contribution is -2.31. The summed E-state index contributed by atoms with van der Waals surface area (Å²) in [5.41, 5.74) is 1.62. The van der Waals surface area contributed by atoms with Crippen LogP contribution >= 0.6 is 0 Å². The fraction of sp³-hybridized carbons (Fsp3) is 0.579. The van der Waals surface area contributed by atoms with Crippen LogP contribution in [0.2, 0.25) is 0 Å². The highest BCUT2D eigenvalue weighted by molar-refractivity contribution is 7.86. The first kappa shape index (κ1) is 24.4. The maximum Gasteiger partial charge on any atom is 0.305 e. The maximum absolute atomic E-state index is 11.7. The summed E-state index contributed by atoms with van der Waals surface area (Å²) in [6.07, 6.45) is 1.41. The lowest BCUT2D eigenvalue weighted by Gasteiger charge is -2.22. The summed E-state index contributed by atoms with van der Waals surface area (Å²) in [6.45, 7) is 6.11. The third-order valence-corrected chi connectivity index (χ3v) is 7.16. The Balaban J connectivity index is 2.39. The molecule has 1 aliphatic heterocycles. The van der Waals surface area contributed by atoms with Gasteiger partial charge in [0.15, 0.2) is 5.71 Å². The van der Waals surface area contributed by atoms with Gasteiger partial charge in [-0.25, -0.2) is 0 Å². The molecule has 1 aliphatic rings. The van der Waals surface area contributed by atoms with Crippen LogP contribution in [-0.4, -0.2) is 61.1 Å². The van der Waals surface area contributed by atoms with Gasteiger partial charge in [-0.15, -0.1) is 0 Å². The van der Waals surface area contributed by atoms with E-state index in [1.807, 2.05) is 18.4 Å². The molecule has 168 valence electrons. The molecule has 9 nitrogen and oxygen atoms in total. The standard InChI is InChI=1S/C19H27NO8S2/c1-4-28-18(21)7-5-10-19(3)14(2)20(11-6-12-29(22,23)24)17-9-8-15(13-16(17)19)30(25,26)27/h8-9,13H,4-7,10-12H2,1-3H3,(H-,22,23,24,25,26,27)/p+1. The van der Waals surface area contributed by atoms with Crippen LogP contribution in [-0.2, 0) is 35.2 Å². The van der Waals surface area contributed by atoms with E-state index in [1.165, 1.54) is 12.1 Å². The number of esters is 1. The molecule has 0 spiro atoms. The number of rotatable bonds is 10. The Labute approximate surface area is 177 Å². The summed E-state index contributed by atoms with van der Waals surface area (Å²) in [6, 6.07) is 4.29. The normalized spacial score (nSPS) is 19.1. The number of carbonyl (C=O) groups is 1. The van der Waals surface area contributed by atoms with Crippen molar-refractivity contribution in [1.29, 1.82) is 0 Å². The van der Waals surface area contributed by atoms with E-state index in [1.54, 1.807) is 13.0 Å². The molecular weight excluding hydrogens is 434 g/mol. The van der Waals surface area contributed by atoms with Crippen LogP contribution in [0, 0.1) is 0 Å². The Hall–Kier alpha value is -1.82. The molecule has 0 radical (unpaired) electrons. The van der Waals surface area contributed by atoms with E-state index in [4.69, 9.17) is 9.29 Å². The van der Waals surface area contributed by atoms with Gasteiger partial charge in [0.1, 0.15) is 6.54 Å². The van der Waals surface area contributed by atoms with E-state index < -0.39 is 31.4 Å². The topological polar surface area (TPSA) is 138 Å². The minimum absolute atomic E-state index is 0.175. The van der Waals surface area contributed by atoms with Gasteiger partial charge in [-0.2, -0.15) is 21.4 Å². The average Bonchev–Trinajstić information content (AvgIpc) is 2.82. The number of fused-ring (bicyclic) bond motifs is 1. The molecule has 2 N–H and O–H groups in total. The van der Waals surface area contributed by atoms with E-state index in [-0.39, 0.29) is 23.7 Å². The Morgan fingerprint density at radius 2 is 1.83 bits per heavy atom. The highest BCUT2D eigenvalue weighted by Gasteiger charge is 2.46. The Morgan fingerprint density at radius 1 is 1.17 bits per heavy atom. The zero-order valence-corrected chi connectivity index (χ0v) is 18.9. The second kappa shape index (κ2) is 9.13. The molecule has 0 saturated carbocycles. The van der Waals surface area contributed by atoms with E-state index in [0.29, 0.717) is 37.2 Å². The molecule has 1 atom stereocenters. The van der Waals surface area contributed by atoms with Gasteiger partial charge >= 0.3 is 5.97 Å². The maximum atomic E-state index is 11.7. The van der Waals surface area contributed by atoms with Crippen LogP contribution < -0.4 is 0 Å². The summed E-state index contributed by atoms with van der Waals surface area (Å²) >= 11 is 0. The Kier molecular flexibility index (Phi) is 7.44. The summed E-state index contributed by atoms with van der Waals surface area (Å²) in [5.74, 6) is -0.705. The summed E-state index contributed by atoms with van der Waals surface area (Å²) < 4.78 is 70.7. The molecular formula is C19H28NO8S2+. The molecule has 11 heteroatoms. The fourth-order valence-corrected chi connectivity index (χ4v) is 4.86. The predicted octanol–water partition coefficient (Wildman–Crippen LogP) is 2.32. The van der Waals surface area contributed by atoms with Crippen LogP contribution in [0.4, 0.5) is 5.69 Å². The number of hydrogen-bond donors (Lipinski definition) is 2. The van der Waals surface area contributed by atoms with Crippen molar-refractivity contribution in [2.45, 2.75) is 56.8 Å². The van der Waals surface area contributed by atoms with Gasteiger partial charge < -0.3 is 4.74 Å². The van der Waals surface area contributed by atoms with Crippen molar-refractivity contribution in [3.8, 4) is 0 Å². The zero-order valence-electron chi connectivity index (χ0n) is 17.3. The summed E-state index contributed by atoms with van der Waals surface area (Å²) in [5, 5.41) is 0. The zero-order chi connectivity index (χ0) is 22.7. The van der Waals surface area contributed by atoms with E-state index in [0.717, 1.165) is 5.71 Å². The third-order valence-electron chi connectivity index (χ3n) is 5.50. The van der Waals surface area contributed by atoms with Crippen LogP contribution in [0.3, 0.4) is 0 Å². The van der Waals surface area contributed by atoms with Crippen molar-refractivity contribution in [1.82, 2.24) is 0 Å². The number of ether oxygens (including phenoxy) is 1. The van der Waals surface area contributed by atoms with Gasteiger partial charge in [-0.3, -0.25) is 13.9 Å². The lowest BCUT2D eigenvalue weighted by molar-refractivity contribution is -0.438. The largest absolute Gasteiger partial charge is 0.466 e. The van der Waals surface area contributed by atoms with Crippen molar-refractivity contribution >= 4 is 37.6 Å². The van der Waals surface area contributed by atoms with Crippen LogP contribution in [0.1, 0.15) is 52.0 Å². The summed E-state index contributed by atoms with van der Waals surface area (Å²) in [4.78, 5) is 11.5. The minimum atomic E-state index is -4.40. The SMILES string of the molecule is CCOC(=O)CCCC1(C)C(C)=[N+](CCCS(=O)(=O)O)c2ccc(S(=O)(=O)O)cc21. The van der Waals surface area contributed by atoms with Gasteiger partial charge in [-0.1, -0.05) is 0 Å². The van der Waals surface area contributed by atoms with Gasteiger partial charge in [0.25, 0.3) is 20.2 Å². The Bertz CT molecular complexity index is 1060. The van der Waals surface area contributed by atoms with Crippen molar-refractivity contribution in [2.75, 3.05) is 18.9 Å². The van der Waals surface area contributed by atoms with Crippen molar-refractivity contribution in [3.63, 3.8) is 0 Å². The van der Waals surface area contributed by atoms with E-state index >= 15 is 0 Å². The first-order chi connectivity index (χ1) is 13.8. The monoisotopic (exact) mass is 462 g/mol. The predicted molar refractivity (Wildman–Crippen MR) is 111 cm³/mol. The molecule has 2 rings (SSSR count). The third kappa shape index (κ3) is 5.65. The van der Waals surface area contributed by atoms with Crippen molar-refractivity contribution < 1.29 is 40.0 Å². The first-order valence-corrected chi connectivity index (χ1v) is 12.7. The molecule has 1 heterocycles. The molecule has 1 aromatic rings. The number of benzene rings is 1. The van der Waals surface area contributed by atoms with Crippen LogP contribution in [0.15, 0.2) is 23.1 Å². The lowest BCUT2D eigenvalue weighted by atomic mass is 9.76. The van der Waals surface area contributed by atoms with Gasteiger partial charge in [0, 0.05) is 31.4 Å². The number of carbonyl (C=O) groups excluding carboxylic acids is 1. The average molecular weight is 463 g/mol. The van der Waals surface area contributed by atoms with Crippen LogP contribution in [0.5, 0.6) is 0 Å². The molecule has 0 aliphatic carbocycles. The molecule has 0 fully saturated rings. The van der Waals surface area contributed by atoms with E-state index in [9.17, 15) is 26.2 Å². The highest BCUT2D eigenvalue weighted by atomic mass is 32.2. The molecule has 0 bridgehead atoms. The van der Waals surface area contributed by atoms with Crippen LogP contribution in [0.25, 0.3) is 0 Å². The first-order valence-electron chi connectivity index (χ1n) is 9.64. The molecule has 0 saturated heterocycles. The number of nitrogens with zero attached hydrogens (tertiary/aromatic N) is 1. The van der Waals surface area contributed by atoms with E-state index in [2.05, 4.69) is 0 Å². The van der Waals surface area contributed by atoms with Gasteiger partial charge in [-0.05, 0) is 38.8 Å². The molecule has 1 aromatic carbocycles. The minimum Gasteiger partial charge on any atom is -0.466 e. The van der Waals surface area contributed by atoms with Crippen molar-refractivity contribution in [3.05, 3.63) is 23.8 Å². The molecule has 0 aromatic heterocycles. The highest BCUT2D eigenvalue weighted by Crippen LogP contribution is 2.44. The van der Waals surface area contributed by atoms with Gasteiger partial charge in [0.2, 0.25) is 5.69 Å². The quantitative estimate of drug-likeness (QED) is 0.307. The molecule has 1 unspecified atom stereocenters. The van der Waals surface area contributed by atoms with Gasteiger partial charge in [0.05, 0.1) is 22.7 Å². The summed E-state index contributed by atoms with van der Waals surface area (Å²) in [7, 11) is -8.50. The Morgan fingerprint density at radius 3 is 2.40 bits per heavy atom. The molecule has 0 amide bonds. The van der Waals surface area contributed by atoms with Crippen molar-refractivity contribution in [2.24, 2.45) is 0 Å². The number of hydrogen-bond acceptors (Lipinski definition) is 6. The second-order valence-electron chi connectivity index (χ2n) is 7.52. The second-order valence-corrected chi connectivity index (χ2v) is 10.5. The fourth-order valence-electron chi connectivity index (χ4n) is 3.85. The molecule has 30 heavy (non-hydrogen) atoms. The smallest absolute Gasteiger partial charge is 0.305 e.